The molecule has 0 radical (unpaired) electrons. The van der Waals surface area contributed by atoms with E-state index in [0.29, 0.717) is 16.5 Å². The van der Waals surface area contributed by atoms with Gasteiger partial charge in [0.25, 0.3) is 5.91 Å². The first kappa shape index (κ1) is 15.6. The maximum Gasteiger partial charge on any atom is 0.260 e. The third-order valence-electron chi connectivity index (χ3n) is 2.98. The third kappa shape index (κ3) is 4.63. The standard InChI is InChI=1S/C14H21ClN2O2/c1-4-11(5-2)17-14(18)9(3)19-13-8-10(15)6-7-12(13)16/h6-9,11H,4-5,16H2,1-3H3,(H,17,18). The molecule has 106 valence electrons. The van der Waals surface area contributed by atoms with Gasteiger partial charge in [0.05, 0.1) is 5.69 Å². The van der Waals surface area contributed by atoms with Gasteiger partial charge in [0.2, 0.25) is 0 Å². The molecule has 1 atom stereocenters. The molecule has 0 heterocycles. The predicted octanol–water partition coefficient (Wildman–Crippen LogP) is 2.99. The van der Waals surface area contributed by atoms with Crippen molar-refractivity contribution in [3.63, 3.8) is 0 Å². The van der Waals surface area contributed by atoms with Gasteiger partial charge in [0, 0.05) is 17.1 Å². The molecule has 1 aromatic carbocycles. The van der Waals surface area contributed by atoms with Crippen molar-refractivity contribution in [2.75, 3.05) is 5.73 Å². The quantitative estimate of drug-likeness (QED) is 0.789. The minimum absolute atomic E-state index is 0.145. The van der Waals surface area contributed by atoms with Gasteiger partial charge in [-0.2, -0.15) is 0 Å². The van der Waals surface area contributed by atoms with E-state index in [9.17, 15) is 4.79 Å². The fourth-order valence-electron chi connectivity index (χ4n) is 1.67. The van der Waals surface area contributed by atoms with E-state index in [4.69, 9.17) is 22.1 Å². The van der Waals surface area contributed by atoms with Crippen LogP contribution in [-0.2, 0) is 4.79 Å². The Bertz CT molecular complexity index is 433. The monoisotopic (exact) mass is 284 g/mol. The lowest BCUT2D eigenvalue weighted by molar-refractivity contribution is -0.128. The van der Waals surface area contributed by atoms with Gasteiger partial charge in [0.15, 0.2) is 6.10 Å². The van der Waals surface area contributed by atoms with E-state index >= 15 is 0 Å². The van der Waals surface area contributed by atoms with E-state index in [2.05, 4.69) is 5.32 Å². The van der Waals surface area contributed by atoms with Gasteiger partial charge >= 0.3 is 0 Å². The summed E-state index contributed by atoms with van der Waals surface area (Å²) in [6, 6.07) is 5.12. The zero-order chi connectivity index (χ0) is 14.4. The molecule has 1 amide bonds. The zero-order valence-corrected chi connectivity index (χ0v) is 12.3. The SMILES string of the molecule is CCC(CC)NC(=O)C(C)Oc1cc(Cl)ccc1N. The summed E-state index contributed by atoms with van der Waals surface area (Å²) in [4.78, 5) is 12.0. The summed E-state index contributed by atoms with van der Waals surface area (Å²) < 4.78 is 5.56. The van der Waals surface area contributed by atoms with Crippen molar-refractivity contribution in [1.29, 1.82) is 0 Å². The number of halogens is 1. The van der Waals surface area contributed by atoms with Crippen LogP contribution >= 0.6 is 11.6 Å². The number of nitrogens with two attached hydrogens (primary N) is 1. The fraction of sp³-hybridized carbons (Fsp3) is 0.500. The highest BCUT2D eigenvalue weighted by molar-refractivity contribution is 6.30. The van der Waals surface area contributed by atoms with Crippen molar-refractivity contribution >= 4 is 23.2 Å². The average Bonchev–Trinajstić information content (AvgIpc) is 2.39. The van der Waals surface area contributed by atoms with E-state index in [1.165, 1.54) is 0 Å². The molecule has 3 N–H and O–H groups in total. The van der Waals surface area contributed by atoms with Crippen molar-refractivity contribution in [2.45, 2.75) is 45.8 Å². The van der Waals surface area contributed by atoms with Crippen LogP contribution in [0.25, 0.3) is 0 Å². The third-order valence-corrected chi connectivity index (χ3v) is 3.22. The second-order valence-corrected chi connectivity index (χ2v) is 4.90. The number of carbonyl (C=O) groups excluding carboxylic acids is 1. The molecule has 0 aliphatic rings. The Labute approximate surface area is 119 Å². The maximum absolute atomic E-state index is 12.0. The highest BCUT2D eigenvalue weighted by Crippen LogP contribution is 2.26. The molecule has 0 aliphatic heterocycles. The molecule has 1 rings (SSSR count). The molecule has 0 saturated carbocycles. The van der Waals surface area contributed by atoms with Crippen LogP contribution in [0.3, 0.4) is 0 Å². The van der Waals surface area contributed by atoms with Gasteiger partial charge in [-0.05, 0) is 31.9 Å². The van der Waals surface area contributed by atoms with Crippen molar-refractivity contribution in [2.24, 2.45) is 0 Å². The lowest BCUT2D eigenvalue weighted by Gasteiger charge is -2.20. The van der Waals surface area contributed by atoms with Crippen LogP contribution in [0.2, 0.25) is 5.02 Å². The summed E-state index contributed by atoms with van der Waals surface area (Å²) in [6.45, 7) is 5.77. The van der Waals surface area contributed by atoms with Gasteiger partial charge in [-0.3, -0.25) is 4.79 Å². The van der Waals surface area contributed by atoms with Crippen LogP contribution in [0, 0.1) is 0 Å². The Hall–Kier alpha value is -1.42. The van der Waals surface area contributed by atoms with Crippen LogP contribution in [0.4, 0.5) is 5.69 Å². The Morgan fingerprint density at radius 1 is 1.42 bits per heavy atom. The number of anilines is 1. The molecule has 0 aliphatic carbocycles. The number of nitrogen functional groups attached to an aromatic ring is 1. The van der Waals surface area contributed by atoms with Crippen molar-refractivity contribution in [1.82, 2.24) is 5.32 Å². The maximum atomic E-state index is 12.0. The smallest absolute Gasteiger partial charge is 0.260 e. The first-order valence-corrected chi connectivity index (χ1v) is 6.87. The van der Waals surface area contributed by atoms with Gasteiger partial charge in [-0.1, -0.05) is 25.4 Å². The summed E-state index contributed by atoms with van der Waals surface area (Å²) in [5, 5.41) is 3.46. The minimum atomic E-state index is -0.610. The molecule has 5 heteroatoms. The van der Waals surface area contributed by atoms with Crippen LogP contribution in [0.15, 0.2) is 18.2 Å². The van der Waals surface area contributed by atoms with E-state index < -0.39 is 6.10 Å². The van der Waals surface area contributed by atoms with E-state index in [1.54, 1.807) is 25.1 Å². The molecule has 19 heavy (non-hydrogen) atoms. The number of amides is 1. The van der Waals surface area contributed by atoms with Crippen LogP contribution < -0.4 is 15.8 Å². The molecular weight excluding hydrogens is 264 g/mol. The minimum Gasteiger partial charge on any atom is -0.479 e. The topological polar surface area (TPSA) is 64.3 Å². The van der Waals surface area contributed by atoms with E-state index in [-0.39, 0.29) is 11.9 Å². The predicted molar refractivity (Wildman–Crippen MR) is 78.5 cm³/mol. The molecular formula is C14H21ClN2O2. The molecule has 0 bridgehead atoms. The number of ether oxygens (including phenoxy) is 1. The molecule has 0 spiro atoms. The number of carbonyl (C=O) groups is 1. The Morgan fingerprint density at radius 2 is 2.05 bits per heavy atom. The number of hydrogen-bond donors (Lipinski definition) is 2. The van der Waals surface area contributed by atoms with E-state index in [0.717, 1.165) is 12.8 Å². The second kappa shape index (κ2) is 7.24. The first-order chi connectivity index (χ1) is 8.97. The van der Waals surface area contributed by atoms with Crippen LogP contribution in [0.5, 0.6) is 5.75 Å². The normalized spacial score (nSPS) is 12.3. The van der Waals surface area contributed by atoms with E-state index in [1.807, 2.05) is 13.8 Å². The highest BCUT2D eigenvalue weighted by atomic mass is 35.5. The number of nitrogens with one attached hydrogen (secondary N) is 1. The lowest BCUT2D eigenvalue weighted by Crippen LogP contribution is -2.42. The number of benzene rings is 1. The largest absolute Gasteiger partial charge is 0.479 e. The Balaban J connectivity index is 2.65. The van der Waals surface area contributed by atoms with Crippen molar-refractivity contribution < 1.29 is 9.53 Å². The molecule has 0 fully saturated rings. The lowest BCUT2D eigenvalue weighted by atomic mass is 10.1. The van der Waals surface area contributed by atoms with Crippen LogP contribution in [0.1, 0.15) is 33.6 Å². The zero-order valence-electron chi connectivity index (χ0n) is 11.6. The van der Waals surface area contributed by atoms with Crippen molar-refractivity contribution in [3.8, 4) is 5.75 Å². The first-order valence-electron chi connectivity index (χ1n) is 6.50. The Kier molecular flexibility index (Phi) is 5.96. The molecule has 4 nitrogen and oxygen atoms in total. The van der Waals surface area contributed by atoms with Gasteiger partial charge < -0.3 is 15.8 Å². The van der Waals surface area contributed by atoms with Gasteiger partial charge in [-0.15, -0.1) is 0 Å². The summed E-state index contributed by atoms with van der Waals surface area (Å²) in [7, 11) is 0. The highest BCUT2D eigenvalue weighted by Gasteiger charge is 2.18. The summed E-state index contributed by atoms with van der Waals surface area (Å²) in [5.41, 5.74) is 6.24. The number of rotatable bonds is 6. The molecule has 0 saturated heterocycles. The molecule has 0 aromatic heterocycles. The summed E-state index contributed by atoms with van der Waals surface area (Å²) in [5.74, 6) is 0.285. The average molecular weight is 285 g/mol. The van der Waals surface area contributed by atoms with Gasteiger partial charge in [-0.25, -0.2) is 0 Å². The molecule has 1 aromatic rings. The number of hydrogen-bond acceptors (Lipinski definition) is 3. The second-order valence-electron chi connectivity index (χ2n) is 4.46. The summed E-state index contributed by atoms with van der Waals surface area (Å²) >= 11 is 5.87. The fourth-order valence-corrected chi connectivity index (χ4v) is 1.83. The summed E-state index contributed by atoms with van der Waals surface area (Å²) in [6.07, 6.45) is 1.18. The Morgan fingerprint density at radius 3 is 2.63 bits per heavy atom. The molecule has 1 unspecified atom stereocenters. The van der Waals surface area contributed by atoms with Crippen LogP contribution in [-0.4, -0.2) is 18.1 Å². The van der Waals surface area contributed by atoms with Gasteiger partial charge in [0.1, 0.15) is 5.75 Å². The van der Waals surface area contributed by atoms with Crippen molar-refractivity contribution in [3.05, 3.63) is 23.2 Å².